The zero-order valence-corrected chi connectivity index (χ0v) is 14.9. The van der Waals surface area contributed by atoms with E-state index in [0.29, 0.717) is 13.1 Å². The molecule has 23 heavy (non-hydrogen) atoms. The van der Waals surface area contributed by atoms with Gasteiger partial charge in [0, 0.05) is 5.41 Å². The first-order valence-corrected chi connectivity index (χ1v) is 8.15. The Morgan fingerprint density at radius 2 is 1.09 bits per heavy atom. The van der Waals surface area contributed by atoms with Crippen LogP contribution in [-0.2, 0) is 18.5 Å². The van der Waals surface area contributed by atoms with Crippen molar-refractivity contribution in [3.05, 3.63) is 70.8 Å². The molecule has 4 heteroatoms. The molecule has 0 spiro atoms. The van der Waals surface area contributed by atoms with Gasteiger partial charge in [-0.15, -0.1) is 0 Å². The number of benzene rings is 2. The third kappa shape index (κ3) is 4.51. The maximum absolute atomic E-state index is 4.60. The van der Waals surface area contributed by atoms with E-state index in [-0.39, 0.29) is 5.41 Å². The molecule has 2 aromatic rings. The van der Waals surface area contributed by atoms with Crippen molar-refractivity contribution in [3.63, 3.8) is 0 Å². The molecule has 0 N–H and O–H groups in total. The van der Waals surface area contributed by atoms with E-state index >= 15 is 0 Å². The van der Waals surface area contributed by atoms with Crippen molar-refractivity contribution in [2.24, 2.45) is 9.98 Å². The van der Waals surface area contributed by atoms with Gasteiger partial charge in [0.15, 0.2) is 0 Å². The van der Waals surface area contributed by atoms with Gasteiger partial charge in [0.05, 0.1) is 23.4 Å². The predicted octanol–water partition coefficient (Wildman–Crippen LogP) is 5.22. The fourth-order valence-electron chi connectivity index (χ4n) is 2.47. The lowest BCUT2D eigenvalue weighted by atomic mass is 9.78. The van der Waals surface area contributed by atoms with Crippen molar-refractivity contribution in [1.29, 1.82) is 0 Å². The summed E-state index contributed by atoms with van der Waals surface area (Å²) in [5.41, 5.74) is 4.72. The van der Waals surface area contributed by atoms with Crippen LogP contribution < -0.4 is 0 Å². The SMILES string of the molecule is CC(C)(c1ccc(CN=C=S)cc1)c1ccc(CN=C=S)cc1. The van der Waals surface area contributed by atoms with Crippen molar-refractivity contribution in [3.8, 4) is 0 Å². The van der Waals surface area contributed by atoms with Crippen molar-refractivity contribution >= 4 is 34.8 Å². The fraction of sp³-hybridized carbons (Fsp3) is 0.263. The van der Waals surface area contributed by atoms with E-state index in [1.165, 1.54) is 11.1 Å². The topological polar surface area (TPSA) is 24.7 Å². The Labute approximate surface area is 148 Å². The smallest absolute Gasteiger partial charge is 0.0743 e. The summed E-state index contributed by atoms with van der Waals surface area (Å²) in [6.07, 6.45) is 0. The lowest BCUT2D eigenvalue weighted by Gasteiger charge is -2.26. The van der Waals surface area contributed by atoms with Crippen LogP contribution in [0.1, 0.15) is 36.1 Å². The number of nitrogens with zero attached hydrogens (tertiary/aromatic N) is 2. The second-order valence-corrected chi connectivity index (χ2v) is 6.20. The molecular formula is C19H18N2S2. The molecule has 0 bridgehead atoms. The summed E-state index contributed by atoms with van der Waals surface area (Å²) in [6, 6.07) is 17.0. The summed E-state index contributed by atoms with van der Waals surface area (Å²) in [7, 11) is 0. The van der Waals surface area contributed by atoms with Gasteiger partial charge in [0.25, 0.3) is 0 Å². The third-order valence-corrected chi connectivity index (χ3v) is 4.26. The number of hydrogen-bond acceptors (Lipinski definition) is 4. The average Bonchev–Trinajstić information content (AvgIpc) is 2.59. The van der Waals surface area contributed by atoms with Crippen molar-refractivity contribution in [2.45, 2.75) is 32.4 Å². The van der Waals surface area contributed by atoms with Crippen LogP contribution in [0.15, 0.2) is 58.5 Å². The van der Waals surface area contributed by atoms with Crippen LogP contribution in [0.4, 0.5) is 0 Å². The van der Waals surface area contributed by atoms with Crippen molar-refractivity contribution in [2.75, 3.05) is 0 Å². The maximum Gasteiger partial charge on any atom is 0.0743 e. The van der Waals surface area contributed by atoms with Crippen molar-refractivity contribution in [1.82, 2.24) is 0 Å². The summed E-state index contributed by atoms with van der Waals surface area (Å²) in [6.45, 7) is 5.61. The lowest BCUT2D eigenvalue weighted by molar-refractivity contribution is 0.640. The minimum Gasteiger partial charge on any atom is -0.228 e. The summed E-state index contributed by atoms with van der Waals surface area (Å²) >= 11 is 9.21. The molecule has 0 radical (unpaired) electrons. The van der Waals surface area contributed by atoms with E-state index in [4.69, 9.17) is 0 Å². The molecule has 2 aromatic carbocycles. The number of aliphatic imine (C=N–C) groups is 2. The maximum atomic E-state index is 4.60. The summed E-state index contributed by atoms with van der Waals surface area (Å²) in [5, 5.41) is 4.79. The Balaban J connectivity index is 2.22. The molecule has 2 rings (SSSR count). The second-order valence-electron chi connectivity index (χ2n) is 5.83. The van der Waals surface area contributed by atoms with E-state index in [1.54, 1.807) is 0 Å². The van der Waals surface area contributed by atoms with Gasteiger partial charge in [-0.2, -0.15) is 0 Å². The number of rotatable bonds is 6. The molecule has 0 aliphatic carbocycles. The normalized spacial score (nSPS) is 10.5. The minimum absolute atomic E-state index is 0.0716. The zero-order chi connectivity index (χ0) is 16.7. The van der Waals surface area contributed by atoms with Gasteiger partial charge >= 0.3 is 0 Å². The molecule has 0 aromatic heterocycles. The van der Waals surface area contributed by atoms with Gasteiger partial charge in [-0.25, -0.2) is 9.98 Å². The lowest BCUT2D eigenvalue weighted by Crippen LogP contribution is -2.18. The highest BCUT2D eigenvalue weighted by Crippen LogP contribution is 2.31. The molecule has 116 valence electrons. The highest BCUT2D eigenvalue weighted by molar-refractivity contribution is 7.78. The number of thiocarbonyl (C=S) groups is 2. The Hall–Kier alpha value is -1.96. The zero-order valence-electron chi connectivity index (χ0n) is 13.2. The first kappa shape index (κ1) is 17.4. The van der Waals surface area contributed by atoms with E-state index in [1.807, 2.05) is 0 Å². The molecule has 0 amide bonds. The van der Waals surface area contributed by atoms with Crippen LogP contribution in [0.3, 0.4) is 0 Å². The summed E-state index contributed by atoms with van der Waals surface area (Å²) in [4.78, 5) is 7.94. The van der Waals surface area contributed by atoms with E-state index in [0.717, 1.165) is 11.1 Å². The van der Waals surface area contributed by atoms with E-state index in [2.05, 4.69) is 107 Å². The predicted molar refractivity (Wildman–Crippen MR) is 102 cm³/mol. The Morgan fingerprint density at radius 1 is 0.739 bits per heavy atom. The highest BCUT2D eigenvalue weighted by Gasteiger charge is 2.22. The monoisotopic (exact) mass is 338 g/mol. The first-order chi connectivity index (χ1) is 11.1. The number of hydrogen-bond donors (Lipinski definition) is 0. The van der Waals surface area contributed by atoms with Crippen LogP contribution >= 0.6 is 24.4 Å². The minimum atomic E-state index is -0.0716. The second kappa shape index (κ2) is 8.05. The molecule has 0 atom stereocenters. The molecule has 0 heterocycles. The molecule has 0 saturated carbocycles. The van der Waals surface area contributed by atoms with Gasteiger partial charge < -0.3 is 0 Å². The van der Waals surface area contributed by atoms with Crippen LogP contribution in [0.2, 0.25) is 0 Å². The number of isothiocyanates is 2. The van der Waals surface area contributed by atoms with Gasteiger partial charge in [-0.05, 0) is 46.7 Å². The van der Waals surface area contributed by atoms with Gasteiger partial charge in [-0.3, -0.25) is 0 Å². The Morgan fingerprint density at radius 3 is 1.39 bits per heavy atom. The van der Waals surface area contributed by atoms with Gasteiger partial charge in [0.2, 0.25) is 0 Å². The molecule has 0 unspecified atom stereocenters. The Bertz CT molecular complexity index is 683. The van der Waals surface area contributed by atoms with E-state index < -0.39 is 0 Å². The van der Waals surface area contributed by atoms with Crippen LogP contribution in [0.25, 0.3) is 0 Å². The average molecular weight is 339 g/mol. The summed E-state index contributed by atoms with van der Waals surface area (Å²) in [5.74, 6) is 0. The molecule has 2 nitrogen and oxygen atoms in total. The van der Waals surface area contributed by atoms with Crippen molar-refractivity contribution < 1.29 is 0 Å². The molecule has 0 aliphatic heterocycles. The quantitative estimate of drug-likeness (QED) is 0.533. The highest BCUT2D eigenvalue weighted by atomic mass is 32.1. The standard InChI is InChI=1S/C19H18N2S2/c1-19(2,17-7-3-15(4-8-17)11-20-13-22)18-9-5-16(6-10-18)12-21-14-23/h3-10H,11-12H2,1-2H3. The molecule has 0 fully saturated rings. The van der Waals surface area contributed by atoms with Gasteiger partial charge in [-0.1, -0.05) is 62.4 Å². The molecule has 0 saturated heterocycles. The Kier molecular flexibility index (Phi) is 6.09. The van der Waals surface area contributed by atoms with Crippen LogP contribution in [0.5, 0.6) is 0 Å². The fourth-order valence-corrected chi connectivity index (χ4v) is 2.60. The van der Waals surface area contributed by atoms with Crippen LogP contribution in [0, 0.1) is 0 Å². The molecule has 0 aliphatic rings. The van der Waals surface area contributed by atoms with Crippen LogP contribution in [-0.4, -0.2) is 10.3 Å². The first-order valence-electron chi connectivity index (χ1n) is 7.34. The molecular weight excluding hydrogens is 320 g/mol. The van der Waals surface area contributed by atoms with E-state index in [9.17, 15) is 0 Å². The van der Waals surface area contributed by atoms with Gasteiger partial charge in [0.1, 0.15) is 0 Å². The third-order valence-electron chi connectivity index (χ3n) is 4.00. The largest absolute Gasteiger partial charge is 0.228 e. The summed E-state index contributed by atoms with van der Waals surface area (Å²) < 4.78 is 0.